The SMILES string of the molecule is CCN(CC)Cc1cc(=O)c(O)cn1C. The number of rotatable bonds is 4. The molecule has 0 saturated heterocycles. The molecule has 0 atom stereocenters. The standard InChI is InChI=1S/C11H18N2O2/c1-4-13(5-2)7-9-6-10(14)11(15)8-12(9)3/h6,8,15H,4-5,7H2,1-3H3. The summed E-state index contributed by atoms with van der Waals surface area (Å²) >= 11 is 0. The van der Waals surface area contributed by atoms with Gasteiger partial charge in [0.1, 0.15) is 0 Å². The van der Waals surface area contributed by atoms with Gasteiger partial charge in [0.25, 0.3) is 0 Å². The molecule has 0 fully saturated rings. The van der Waals surface area contributed by atoms with Gasteiger partial charge in [-0.15, -0.1) is 0 Å². The Morgan fingerprint density at radius 3 is 2.53 bits per heavy atom. The van der Waals surface area contributed by atoms with Gasteiger partial charge in [-0.2, -0.15) is 0 Å². The van der Waals surface area contributed by atoms with Crippen molar-refractivity contribution in [3.8, 4) is 5.75 Å². The van der Waals surface area contributed by atoms with E-state index in [2.05, 4.69) is 18.7 Å². The zero-order chi connectivity index (χ0) is 11.4. The highest BCUT2D eigenvalue weighted by atomic mass is 16.3. The molecule has 15 heavy (non-hydrogen) atoms. The molecule has 84 valence electrons. The summed E-state index contributed by atoms with van der Waals surface area (Å²) in [5, 5.41) is 9.23. The molecule has 1 aromatic heterocycles. The summed E-state index contributed by atoms with van der Waals surface area (Å²) in [4.78, 5) is 13.5. The lowest BCUT2D eigenvalue weighted by Crippen LogP contribution is -2.25. The normalized spacial score (nSPS) is 10.9. The number of hydrogen-bond acceptors (Lipinski definition) is 3. The fourth-order valence-corrected chi connectivity index (χ4v) is 1.49. The highest BCUT2D eigenvalue weighted by Crippen LogP contribution is 2.06. The minimum atomic E-state index is -0.310. The van der Waals surface area contributed by atoms with Gasteiger partial charge >= 0.3 is 0 Å². The van der Waals surface area contributed by atoms with E-state index in [1.54, 1.807) is 4.57 Å². The lowest BCUT2D eigenvalue weighted by atomic mass is 10.3. The largest absolute Gasteiger partial charge is 0.503 e. The lowest BCUT2D eigenvalue weighted by molar-refractivity contribution is 0.287. The van der Waals surface area contributed by atoms with Crippen LogP contribution in [-0.2, 0) is 13.6 Å². The van der Waals surface area contributed by atoms with Crippen molar-refractivity contribution >= 4 is 0 Å². The second-order valence-electron chi connectivity index (χ2n) is 3.59. The van der Waals surface area contributed by atoms with Gasteiger partial charge in [0.15, 0.2) is 5.75 Å². The first kappa shape index (κ1) is 11.8. The van der Waals surface area contributed by atoms with Gasteiger partial charge in [-0.05, 0) is 13.1 Å². The van der Waals surface area contributed by atoms with E-state index in [9.17, 15) is 9.90 Å². The monoisotopic (exact) mass is 210 g/mol. The second-order valence-corrected chi connectivity index (χ2v) is 3.59. The highest BCUT2D eigenvalue weighted by molar-refractivity contribution is 5.20. The Balaban J connectivity index is 2.95. The Morgan fingerprint density at radius 1 is 1.40 bits per heavy atom. The van der Waals surface area contributed by atoms with Crippen LogP contribution in [0.2, 0.25) is 0 Å². The van der Waals surface area contributed by atoms with E-state index in [4.69, 9.17) is 0 Å². The minimum absolute atomic E-state index is 0.194. The molecule has 0 amide bonds. The maximum absolute atomic E-state index is 11.3. The van der Waals surface area contributed by atoms with Gasteiger partial charge in [0, 0.05) is 31.5 Å². The summed E-state index contributed by atoms with van der Waals surface area (Å²) in [6.07, 6.45) is 1.46. The van der Waals surface area contributed by atoms with Crippen molar-refractivity contribution in [2.24, 2.45) is 7.05 Å². The molecular formula is C11H18N2O2. The molecule has 0 radical (unpaired) electrons. The molecular weight excluding hydrogens is 192 g/mol. The number of hydrogen-bond donors (Lipinski definition) is 1. The zero-order valence-corrected chi connectivity index (χ0v) is 9.53. The van der Waals surface area contributed by atoms with Crippen LogP contribution in [0.1, 0.15) is 19.5 Å². The molecule has 0 saturated carbocycles. The van der Waals surface area contributed by atoms with Gasteiger partial charge in [0.2, 0.25) is 5.43 Å². The maximum Gasteiger partial charge on any atom is 0.223 e. The van der Waals surface area contributed by atoms with Crippen LogP contribution in [0.15, 0.2) is 17.1 Å². The Kier molecular flexibility index (Phi) is 3.91. The molecule has 0 aliphatic rings. The molecule has 1 N–H and O–H groups in total. The summed E-state index contributed by atoms with van der Waals surface area (Å²) in [7, 11) is 1.83. The van der Waals surface area contributed by atoms with E-state index >= 15 is 0 Å². The van der Waals surface area contributed by atoms with E-state index in [0.717, 1.165) is 25.3 Å². The van der Waals surface area contributed by atoms with Crippen molar-refractivity contribution in [1.29, 1.82) is 0 Å². The van der Waals surface area contributed by atoms with Gasteiger partial charge in [-0.1, -0.05) is 13.8 Å². The summed E-state index contributed by atoms with van der Waals surface area (Å²) < 4.78 is 1.79. The van der Waals surface area contributed by atoms with Gasteiger partial charge in [-0.3, -0.25) is 9.69 Å². The van der Waals surface area contributed by atoms with Gasteiger partial charge in [-0.25, -0.2) is 0 Å². The molecule has 1 rings (SSSR count). The molecule has 0 aromatic carbocycles. The first-order valence-electron chi connectivity index (χ1n) is 5.19. The van der Waals surface area contributed by atoms with Crippen molar-refractivity contribution in [2.75, 3.05) is 13.1 Å². The van der Waals surface area contributed by atoms with Crippen LogP contribution in [-0.4, -0.2) is 27.7 Å². The van der Waals surface area contributed by atoms with Crippen LogP contribution < -0.4 is 5.43 Å². The van der Waals surface area contributed by atoms with Crippen LogP contribution in [0.25, 0.3) is 0 Å². The first-order valence-corrected chi connectivity index (χ1v) is 5.19. The molecule has 1 aromatic rings. The van der Waals surface area contributed by atoms with E-state index < -0.39 is 0 Å². The predicted molar refractivity (Wildman–Crippen MR) is 60.0 cm³/mol. The average molecular weight is 210 g/mol. The van der Waals surface area contributed by atoms with Crippen LogP contribution in [0.4, 0.5) is 0 Å². The van der Waals surface area contributed by atoms with E-state index in [-0.39, 0.29) is 11.2 Å². The average Bonchev–Trinajstić information content (AvgIpc) is 2.21. The molecule has 0 aliphatic carbocycles. The van der Waals surface area contributed by atoms with Crippen molar-refractivity contribution < 1.29 is 5.11 Å². The zero-order valence-electron chi connectivity index (χ0n) is 9.53. The smallest absolute Gasteiger partial charge is 0.223 e. The molecule has 0 bridgehead atoms. The lowest BCUT2D eigenvalue weighted by Gasteiger charge is -2.19. The quantitative estimate of drug-likeness (QED) is 0.804. The fraction of sp³-hybridized carbons (Fsp3) is 0.545. The van der Waals surface area contributed by atoms with Crippen molar-refractivity contribution in [3.63, 3.8) is 0 Å². The third kappa shape index (κ3) is 2.83. The van der Waals surface area contributed by atoms with Crippen LogP contribution in [0, 0.1) is 0 Å². The van der Waals surface area contributed by atoms with E-state index in [1.165, 1.54) is 12.3 Å². The summed E-state index contributed by atoms with van der Waals surface area (Å²) in [5.41, 5.74) is 0.608. The summed E-state index contributed by atoms with van der Waals surface area (Å²) in [5.74, 6) is -0.194. The second kappa shape index (κ2) is 4.98. The van der Waals surface area contributed by atoms with Crippen LogP contribution in [0.5, 0.6) is 5.75 Å². The summed E-state index contributed by atoms with van der Waals surface area (Å²) in [6, 6.07) is 1.49. The van der Waals surface area contributed by atoms with Crippen molar-refractivity contribution in [1.82, 2.24) is 9.47 Å². The third-order valence-corrected chi connectivity index (χ3v) is 2.60. The number of aromatic nitrogens is 1. The van der Waals surface area contributed by atoms with E-state index in [1.807, 2.05) is 7.05 Å². The predicted octanol–water partition coefficient (Wildman–Crippen LogP) is 0.933. The molecule has 0 spiro atoms. The van der Waals surface area contributed by atoms with Crippen molar-refractivity contribution in [2.45, 2.75) is 20.4 Å². The number of nitrogens with zero attached hydrogens (tertiary/aromatic N) is 2. The Bertz CT molecular complexity index is 381. The maximum atomic E-state index is 11.3. The molecule has 0 aliphatic heterocycles. The molecule has 1 heterocycles. The number of pyridine rings is 1. The number of aromatic hydroxyl groups is 1. The summed E-state index contributed by atoms with van der Waals surface area (Å²) in [6.45, 7) is 6.81. The Hall–Kier alpha value is -1.29. The van der Waals surface area contributed by atoms with E-state index in [0.29, 0.717) is 0 Å². The number of aryl methyl sites for hydroxylation is 1. The van der Waals surface area contributed by atoms with Crippen molar-refractivity contribution in [3.05, 3.63) is 28.2 Å². The fourth-order valence-electron chi connectivity index (χ4n) is 1.49. The minimum Gasteiger partial charge on any atom is -0.503 e. The van der Waals surface area contributed by atoms with Gasteiger partial charge in [0.05, 0.1) is 0 Å². The van der Waals surface area contributed by atoms with Gasteiger partial charge < -0.3 is 9.67 Å². The molecule has 0 unspecified atom stereocenters. The highest BCUT2D eigenvalue weighted by Gasteiger charge is 2.06. The topological polar surface area (TPSA) is 45.5 Å². The molecule has 4 heteroatoms. The third-order valence-electron chi connectivity index (χ3n) is 2.60. The Labute approximate surface area is 89.8 Å². The molecule has 4 nitrogen and oxygen atoms in total. The van der Waals surface area contributed by atoms with Crippen LogP contribution in [0.3, 0.4) is 0 Å². The first-order chi connectivity index (χ1) is 7.08. The Morgan fingerprint density at radius 2 is 2.00 bits per heavy atom. The van der Waals surface area contributed by atoms with Crippen LogP contribution >= 0.6 is 0 Å².